The smallest absolute Gasteiger partial charge is 0.319 e. The number of benzene rings is 1. The van der Waals surface area contributed by atoms with Gasteiger partial charge >= 0.3 is 6.03 Å². The highest BCUT2D eigenvalue weighted by Crippen LogP contribution is 2.18. The summed E-state index contributed by atoms with van der Waals surface area (Å²) < 4.78 is 0. The minimum Gasteiger partial charge on any atom is -0.390 e. The van der Waals surface area contributed by atoms with Gasteiger partial charge in [-0.15, -0.1) is 0 Å². The normalized spacial score (nSPS) is 15.4. The summed E-state index contributed by atoms with van der Waals surface area (Å²) in [6.45, 7) is 2.52. The van der Waals surface area contributed by atoms with Crippen LogP contribution in [0.5, 0.6) is 0 Å². The number of urea groups is 1. The molecule has 6 nitrogen and oxygen atoms in total. The maximum Gasteiger partial charge on any atom is 0.319 e. The van der Waals surface area contributed by atoms with Crippen LogP contribution in [0.2, 0.25) is 0 Å². The lowest BCUT2D eigenvalue weighted by molar-refractivity contribution is 0.106. The van der Waals surface area contributed by atoms with E-state index >= 15 is 0 Å². The summed E-state index contributed by atoms with van der Waals surface area (Å²) in [7, 11) is 0. The number of hydrogen-bond donors (Lipinski definition) is 3. The molecule has 6 heteroatoms. The van der Waals surface area contributed by atoms with Crippen LogP contribution in [0.25, 0.3) is 0 Å². The molecule has 0 unspecified atom stereocenters. The van der Waals surface area contributed by atoms with E-state index < -0.39 is 6.10 Å². The van der Waals surface area contributed by atoms with Gasteiger partial charge < -0.3 is 15.7 Å². The number of nitrogens with zero attached hydrogens (tertiary/aromatic N) is 2. The molecule has 1 aliphatic heterocycles. The number of fused-ring (bicyclic) bond motifs is 1. The van der Waals surface area contributed by atoms with Crippen LogP contribution in [0.3, 0.4) is 0 Å². The first-order chi connectivity index (χ1) is 11.7. The SMILES string of the molecule is O=C(NC[C@H](O)CN1CCc2ccccc2C1)Nc1cccnc1. The van der Waals surface area contributed by atoms with E-state index in [1.165, 1.54) is 11.1 Å². The zero-order valence-electron chi connectivity index (χ0n) is 13.5. The average molecular weight is 326 g/mol. The Bertz CT molecular complexity index is 678. The predicted octanol–water partition coefficient (Wildman–Crippen LogP) is 1.62. The Morgan fingerprint density at radius 1 is 1.25 bits per heavy atom. The summed E-state index contributed by atoms with van der Waals surface area (Å²) in [5.41, 5.74) is 3.33. The molecule has 1 aromatic carbocycles. The van der Waals surface area contributed by atoms with E-state index in [2.05, 4.69) is 38.7 Å². The Morgan fingerprint density at radius 3 is 2.88 bits per heavy atom. The molecule has 0 bridgehead atoms. The molecular formula is C18H22N4O2. The van der Waals surface area contributed by atoms with Gasteiger partial charge in [-0.2, -0.15) is 0 Å². The van der Waals surface area contributed by atoms with Crippen molar-refractivity contribution in [3.05, 3.63) is 59.9 Å². The van der Waals surface area contributed by atoms with Gasteiger partial charge in [-0.3, -0.25) is 9.88 Å². The number of amides is 2. The van der Waals surface area contributed by atoms with Crippen molar-refractivity contribution in [3.8, 4) is 0 Å². The highest BCUT2D eigenvalue weighted by atomic mass is 16.3. The van der Waals surface area contributed by atoms with E-state index in [9.17, 15) is 9.90 Å². The van der Waals surface area contributed by atoms with Gasteiger partial charge in [0.25, 0.3) is 0 Å². The molecular weight excluding hydrogens is 304 g/mol. The van der Waals surface area contributed by atoms with Crippen LogP contribution in [-0.4, -0.2) is 46.8 Å². The van der Waals surface area contributed by atoms with Gasteiger partial charge in [-0.05, 0) is 29.7 Å². The van der Waals surface area contributed by atoms with Crippen LogP contribution in [-0.2, 0) is 13.0 Å². The summed E-state index contributed by atoms with van der Waals surface area (Å²) in [5, 5.41) is 15.5. The fourth-order valence-corrected chi connectivity index (χ4v) is 2.90. The third-order valence-corrected chi connectivity index (χ3v) is 4.10. The Morgan fingerprint density at radius 2 is 2.08 bits per heavy atom. The molecule has 2 aromatic rings. The van der Waals surface area contributed by atoms with Gasteiger partial charge in [0.1, 0.15) is 0 Å². The lowest BCUT2D eigenvalue weighted by Crippen LogP contribution is -2.42. The fourth-order valence-electron chi connectivity index (χ4n) is 2.90. The first kappa shape index (κ1) is 16.4. The first-order valence-corrected chi connectivity index (χ1v) is 8.13. The van der Waals surface area contributed by atoms with Crippen LogP contribution in [0, 0.1) is 0 Å². The van der Waals surface area contributed by atoms with E-state index in [4.69, 9.17) is 0 Å². The van der Waals surface area contributed by atoms with Gasteiger partial charge in [0.2, 0.25) is 0 Å². The molecule has 1 aliphatic rings. The minimum absolute atomic E-state index is 0.213. The van der Waals surface area contributed by atoms with Crippen LogP contribution in [0.1, 0.15) is 11.1 Å². The van der Waals surface area contributed by atoms with Crippen LogP contribution in [0.15, 0.2) is 48.8 Å². The highest BCUT2D eigenvalue weighted by molar-refractivity contribution is 5.88. The molecule has 126 valence electrons. The van der Waals surface area contributed by atoms with Crippen molar-refractivity contribution in [1.29, 1.82) is 0 Å². The Labute approximate surface area is 141 Å². The molecule has 3 rings (SSSR count). The lowest BCUT2D eigenvalue weighted by Gasteiger charge is -2.30. The second-order valence-corrected chi connectivity index (χ2v) is 5.98. The van der Waals surface area contributed by atoms with Crippen molar-refractivity contribution >= 4 is 11.7 Å². The van der Waals surface area contributed by atoms with E-state index in [0.717, 1.165) is 19.5 Å². The number of carbonyl (C=O) groups excluding carboxylic acids is 1. The lowest BCUT2D eigenvalue weighted by atomic mass is 10.00. The topological polar surface area (TPSA) is 77.5 Å². The molecule has 0 radical (unpaired) electrons. The standard InChI is InChI=1S/C18H22N4O2/c23-17(11-20-18(24)21-16-6-3-8-19-10-16)13-22-9-7-14-4-1-2-5-15(14)12-22/h1-6,8,10,17,23H,7,9,11-13H2,(H2,20,21,24)/t17-/m0/s1. The third kappa shape index (κ3) is 4.53. The third-order valence-electron chi connectivity index (χ3n) is 4.10. The summed E-state index contributed by atoms with van der Waals surface area (Å²) in [4.78, 5) is 17.9. The van der Waals surface area contributed by atoms with E-state index in [1.807, 2.05) is 6.07 Å². The summed E-state index contributed by atoms with van der Waals surface area (Å²) in [5.74, 6) is 0. The second kappa shape index (κ2) is 7.90. The maximum absolute atomic E-state index is 11.8. The zero-order valence-corrected chi connectivity index (χ0v) is 13.5. The molecule has 0 aliphatic carbocycles. The van der Waals surface area contributed by atoms with Gasteiger partial charge in [0.05, 0.1) is 18.0 Å². The largest absolute Gasteiger partial charge is 0.390 e. The predicted molar refractivity (Wildman–Crippen MR) is 92.7 cm³/mol. The Balaban J connectivity index is 1.41. The number of rotatable bonds is 5. The number of pyridine rings is 1. The van der Waals surface area contributed by atoms with Crippen molar-refractivity contribution in [3.63, 3.8) is 0 Å². The monoisotopic (exact) mass is 326 g/mol. The molecule has 0 saturated heterocycles. The zero-order chi connectivity index (χ0) is 16.8. The molecule has 0 fully saturated rings. The molecule has 2 heterocycles. The molecule has 0 spiro atoms. The van der Waals surface area contributed by atoms with Gasteiger partial charge in [-0.1, -0.05) is 24.3 Å². The minimum atomic E-state index is -0.602. The molecule has 1 atom stereocenters. The number of nitrogens with one attached hydrogen (secondary N) is 2. The Kier molecular flexibility index (Phi) is 5.40. The van der Waals surface area contributed by atoms with Gasteiger partial charge in [0, 0.05) is 32.4 Å². The Hall–Kier alpha value is -2.44. The molecule has 0 saturated carbocycles. The van der Waals surface area contributed by atoms with E-state index in [0.29, 0.717) is 12.2 Å². The summed E-state index contributed by atoms with van der Waals surface area (Å²) in [6.07, 6.45) is 3.61. The number of carbonyl (C=O) groups is 1. The van der Waals surface area contributed by atoms with Gasteiger partial charge in [0.15, 0.2) is 0 Å². The van der Waals surface area contributed by atoms with E-state index in [1.54, 1.807) is 24.5 Å². The van der Waals surface area contributed by atoms with Crippen molar-refractivity contribution in [2.24, 2.45) is 0 Å². The number of aromatic nitrogens is 1. The van der Waals surface area contributed by atoms with Crippen LogP contribution < -0.4 is 10.6 Å². The fraction of sp³-hybridized carbons (Fsp3) is 0.333. The molecule has 1 aromatic heterocycles. The maximum atomic E-state index is 11.8. The highest BCUT2D eigenvalue weighted by Gasteiger charge is 2.18. The summed E-state index contributed by atoms with van der Waals surface area (Å²) in [6, 6.07) is 11.6. The second-order valence-electron chi connectivity index (χ2n) is 5.98. The molecule has 24 heavy (non-hydrogen) atoms. The average Bonchev–Trinajstić information content (AvgIpc) is 2.61. The number of anilines is 1. The van der Waals surface area contributed by atoms with Crippen molar-refractivity contribution in [2.45, 2.75) is 19.1 Å². The van der Waals surface area contributed by atoms with Gasteiger partial charge in [-0.25, -0.2) is 4.79 Å². The number of β-amino-alcohol motifs (C(OH)–C–C–N with tert-alkyl or cyclic N) is 1. The van der Waals surface area contributed by atoms with Crippen LogP contribution >= 0.6 is 0 Å². The van der Waals surface area contributed by atoms with Crippen molar-refractivity contribution in [2.75, 3.05) is 25.0 Å². The van der Waals surface area contributed by atoms with Crippen molar-refractivity contribution < 1.29 is 9.90 Å². The van der Waals surface area contributed by atoms with Crippen molar-refractivity contribution in [1.82, 2.24) is 15.2 Å². The number of hydrogen-bond acceptors (Lipinski definition) is 4. The molecule has 2 amide bonds. The summed E-state index contributed by atoms with van der Waals surface area (Å²) >= 11 is 0. The molecule has 3 N–H and O–H groups in total. The van der Waals surface area contributed by atoms with Crippen LogP contribution in [0.4, 0.5) is 10.5 Å². The van der Waals surface area contributed by atoms with E-state index in [-0.39, 0.29) is 12.6 Å². The first-order valence-electron chi connectivity index (χ1n) is 8.13. The quantitative estimate of drug-likeness (QED) is 0.780. The number of aliphatic hydroxyl groups excluding tert-OH is 1. The number of aliphatic hydroxyl groups is 1.